The first-order valence-corrected chi connectivity index (χ1v) is 6.83. The highest BCUT2D eigenvalue weighted by atomic mass is 35.5. The average molecular weight is 262 g/mol. The molecule has 1 heterocycles. The molecule has 0 radical (unpaired) electrons. The highest BCUT2D eigenvalue weighted by molar-refractivity contribution is 7.99. The van der Waals surface area contributed by atoms with Crippen LogP contribution in [-0.2, 0) is 0 Å². The number of rotatable bonds is 1. The third kappa shape index (κ3) is 1.81. The van der Waals surface area contributed by atoms with Gasteiger partial charge in [-0.3, -0.25) is 0 Å². The van der Waals surface area contributed by atoms with Crippen LogP contribution < -0.4 is 4.90 Å². The van der Waals surface area contributed by atoms with Crippen molar-refractivity contribution in [3.05, 3.63) is 47.5 Å². The summed E-state index contributed by atoms with van der Waals surface area (Å²) >= 11 is 7.90. The predicted molar refractivity (Wildman–Crippen MR) is 74.7 cm³/mol. The minimum atomic E-state index is 0.794. The Kier molecular flexibility index (Phi) is 2.77. The molecule has 2 aromatic carbocycles. The van der Waals surface area contributed by atoms with Gasteiger partial charge in [-0.2, -0.15) is 0 Å². The molecule has 2 aromatic rings. The second-order valence-electron chi connectivity index (χ2n) is 3.93. The molecule has 1 aliphatic rings. The molecule has 86 valence electrons. The summed E-state index contributed by atoms with van der Waals surface area (Å²) in [6.07, 6.45) is 0. The number of hydrogen-bond donors (Lipinski definition) is 0. The summed E-state index contributed by atoms with van der Waals surface area (Å²) in [7, 11) is 0. The summed E-state index contributed by atoms with van der Waals surface area (Å²) in [5.74, 6) is 0. The van der Waals surface area contributed by atoms with Gasteiger partial charge in [0.25, 0.3) is 0 Å². The highest BCUT2D eigenvalue weighted by Crippen LogP contribution is 2.48. The van der Waals surface area contributed by atoms with Crippen LogP contribution >= 0.6 is 23.4 Å². The van der Waals surface area contributed by atoms with E-state index < -0.39 is 0 Å². The number of para-hydroxylation sites is 1. The maximum Gasteiger partial charge on any atom is 0.0567 e. The normalized spacial score (nSPS) is 13.2. The molecule has 17 heavy (non-hydrogen) atoms. The molecule has 0 aliphatic carbocycles. The topological polar surface area (TPSA) is 3.24 Å². The largest absolute Gasteiger partial charge is 0.340 e. The van der Waals surface area contributed by atoms with Crippen LogP contribution in [0.1, 0.15) is 6.92 Å². The van der Waals surface area contributed by atoms with Crippen molar-refractivity contribution in [2.45, 2.75) is 16.7 Å². The van der Waals surface area contributed by atoms with Gasteiger partial charge in [-0.25, -0.2) is 0 Å². The Balaban J connectivity index is 2.19. The molecule has 0 saturated heterocycles. The van der Waals surface area contributed by atoms with Crippen molar-refractivity contribution >= 4 is 34.7 Å². The minimum absolute atomic E-state index is 0.794. The van der Waals surface area contributed by atoms with Crippen molar-refractivity contribution in [1.82, 2.24) is 0 Å². The Bertz CT molecular complexity index is 568. The molecule has 0 amide bonds. The van der Waals surface area contributed by atoms with Gasteiger partial charge in [-0.1, -0.05) is 35.5 Å². The van der Waals surface area contributed by atoms with Gasteiger partial charge in [0, 0.05) is 21.4 Å². The van der Waals surface area contributed by atoms with E-state index in [0.29, 0.717) is 0 Å². The van der Waals surface area contributed by atoms with Crippen LogP contribution in [0.4, 0.5) is 11.4 Å². The zero-order chi connectivity index (χ0) is 11.8. The van der Waals surface area contributed by atoms with E-state index in [9.17, 15) is 0 Å². The summed E-state index contributed by atoms with van der Waals surface area (Å²) in [6.45, 7) is 3.11. The second-order valence-corrected chi connectivity index (χ2v) is 5.45. The number of hydrogen-bond acceptors (Lipinski definition) is 2. The zero-order valence-electron chi connectivity index (χ0n) is 9.48. The number of fused-ring (bicyclic) bond motifs is 2. The molecule has 0 unspecified atom stereocenters. The van der Waals surface area contributed by atoms with E-state index in [1.165, 1.54) is 21.2 Å². The molecule has 1 nitrogen and oxygen atoms in total. The van der Waals surface area contributed by atoms with Crippen molar-refractivity contribution in [1.29, 1.82) is 0 Å². The Hall–Kier alpha value is -1.12. The summed E-state index contributed by atoms with van der Waals surface area (Å²) < 4.78 is 0. The Labute approximate surface area is 110 Å². The maximum absolute atomic E-state index is 6.09. The SMILES string of the molecule is CCN1c2ccccc2Sc2ccc(Cl)cc21. The summed E-state index contributed by atoms with van der Waals surface area (Å²) in [5, 5.41) is 0.794. The molecule has 0 bridgehead atoms. The molecule has 0 N–H and O–H groups in total. The fraction of sp³-hybridized carbons (Fsp3) is 0.143. The van der Waals surface area contributed by atoms with Gasteiger partial charge >= 0.3 is 0 Å². The summed E-state index contributed by atoms with van der Waals surface area (Å²) in [6, 6.07) is 14.6. The van der Waals surface area contributed by atoms with Gasteiger partial charge in [0.05, 0.1) is 11.4 Å². The molecular formula is C14H12ClNS. The van der Waals surface area contributed by atoms with Crippen LogP contribution in [0.2, 0.25) is 5.02 Å². The van der Waals surface area contributed by atoms with Gasteiger partial charge in [-0.05, 0) is 37.3 Å². The monoisotopic (exact) mass is 261 g/mol. The van der Waals surface area contributed by atoms with Crippen molar-refractivity contribution in [2.24, 2.45) is 0 Å². The third-order valence-electron chi connectivity index (χ3n) is 2.90. The minimum Gasteiger partial charge on any atom is -0.340 e. The van der Waals surface area contributed by atoms with Gasteiger partial charge in [-0.15, -0.1) is 0 Å². The standard InChI is InChI=1S/C14H12ClNS/c1-2-16-11-5-3-4-6-13(11)17-14-8-7-10(15)9-12(14)16/h3-9H,2H2,1H3. The van der Waals surface area contributed by atoms with Gasteiger partial charge < -0.3 is 4.90 Å². The van der Waals surface area contributed by atoms with Crippen molar-refractivity contribution in [3.63, 3.8) is 0 Å². The second kappa shape index (κ2) is 4.28. The predicted octanol–water partition coefficient (Wildman–Crippen LogP) is 4.96. The van der Waals surface area contributed by atoms with E-state index in [1.807, 2.05) is 23.9 Å². The lowest BCUT2D eigenvalue weighted by molar-refractivity contribution is 0.979. The van der Waals surface area contributed by atoms with E-state index in [-0.39, 0.29) is 0 Å². The van der Waals surface area contributed by atoms with Crippen LogP contribution in [0.3, 0.4) is 0 Å². The van der Waals surface area contributed by atoms with E-state index in [2.05, 4.69) is 42.2 Å². The quantitative estimate of drug-likeness (QED) is 0.714. The number of halogens is 1. The molecule has 0 saturated carbocycles. The number of benzene rings is 2. The van der Waals surface area contributed by atoms with Crippen molar-refractivity contribution in [3.8, 4) is 0 Å². The number of nitrogens with zero attached hydrogens (tertiary/aromatic N) is 1. The van der Waals surface area contributed by atoms with E-state index in [1.54, 1.807) is 0 Å². The molecule has 0 aromatic heterocycles. The lowest BCUT2D eigenvalue weighted by Crippen LogP contribution is -2.19. The van der Waals surface area contributed by atoms with Crippen LogP contribution in [-0.4, -0.2) is 6.54 Å². The van der Waals surface area contributed by atoms with E-state index in [0.717, 1.165) is 11.6 Å². The number of anilines is 2. The fourth-order valence-electron chi connectivity index (χ4n) is 2.14. The highest BCUT2D eigenvalue weighted by Gasteiger charge is 2.21. The zero-order valence-corrected chi connectivity index (χ0v) is 11.1. The Morgan fingerprint density at radius 3 is 2.65 bits per heavy atom. The van der Waals surface area contributed by atoms with Gasteiger partial charge in [0.2, 0.25) is 0 Å². The lowest BCUT2D eigenvalue weighted by Gasteiger charge is -2.31. The average Bonchev–Trinajstić information content (AvgIpc) is 2.36. The van der Waals surface area contributed by atoms with Crippen LogP contribution in [0.5, 0.6) is 0 Å². The molecule has 1 aliphatic heterocycles. The first kappa shape index (κ1) is 11.0. The smallest absolute Gasteiger partial charge is 0.0567 e. The first-order valence-electron chi connectivity index (χ1n) is 5.63. The molecule has 3 rings (SSSR count). The lowest BCUT2D eigenvalue weighted by atomic mass is 10.2. The third-order valence-corrected chi connectivity index (χ3v) is 4.27. The summed E-state index contributed by atoms with van der Waals surface area (Å²) in [5.41, 5.74) is 2.48. The van der Waals surface area contributed by atoms with Crippen LogP contribution in [0.25, 0.3) is 0 Å². The van der Waals surface area contributed by atoms with Gasteiger partial charge in [0.1, 0.15) is 0 Å². The van der Waals surface area contributed by atoms with Gasteiger partial charge in [0.15, 0.2) is 0 Å². The van der Waals surface area contributed by atoms with E-state index >= 15 is 0 Å². The summed E-state index contributed by atoms with van der Waals surface area (Å²) in [4.78, 5) is 4.90. The molecule has 0 fully saturated rings. The van der Waals surface area contributed by atoms with Crippen molar-refractivity contribution < 1.29 is 0 Å². The fourth-order valence-corrected chi connectivity index (χ4v) is 3.39. The maximum atomic E-state index is 6.09. The molecular weight excluding hydrogens is 250 g/mol. The Morgan fingerprint density at radius 2 is 1.82 bits per heavy atom. The van der Waals surface area contributed by atoms with E-state index in [4.69, 9.17) is 11.6 Å². The molecule has 3 heteroatoms. The first-order chi connectivity index (χ1) is 8.29. The van der Waals surface area contributed by atoms with Crippen LogP contribution in [0, 0.1) is 0 Å². The molecule has 0 spiro atoms. The van der Waals surface area contributed by atoms with Crippen molar-refractivity contribution in [2.75, 3.05) is 11.4 Å². The molecule has 0 atom stereocenters. The van der Waals surface area contributed by atoms with Crippen LogP contribution in [0.15, 0.2) is 52.3 Å². The Morgan fingerprint density at radius 1 is 1.06 bits per heavy atom.